The van der Waals surface area contributed by atoms with Crippen molar-refractivity contribution >= 4 is 17.7 Å². The number of carbonyl (C=O) groups is 1. The van der Waals surface area contributed by atoms with Crippen LogP contribution < -0.4 is 5.73 Å². The number of thioether (sulfide) groups is 1. The van der Waals surface area contributed by atoms with Crippen LogP contribution in [0.4, 0.5) is 0 Å². The summed E-state index contributed by atoms with van der Waals surface area (Å²) in [6.45, 7) is 2.39. The van der Waals surface area contributed by atoms with Crippen molar-refractivity contribution in [3.63, 3.8) is 0 Å². The van der Waals surface area contributed by atoms with Gasteiger partial charge in [0.2, 0.25) is 0 Å². The number of hydrogen-bond acceptors (Lipinski definition) is 3. The van der Waals surface area contributed by atoms with Crippen LogP contribution in [0.2, 0.25) is 0 Å². The van der Waals surface area contributed by atoms with Crippen LogP contribution in [0, 0.1) is 0 Å². The molecule has 0 amide bonds. The quantitative estimate of drug-likeness (QED) is 0.746. The maximum absolute atomic E-state index is 10.8. The summed E-state index contributed by atoms with van der Waals surface area (Å²) in [6.07, 6.45) is 0. The minimum absolute atomic E-state index is 0.439. The van der Waals surface area contributed by atoms with E-state index in [1.807, 2.05) is 24.3 Å². The third-order valence-corrected chi connectivity index (χ3v) is 3.44. The predicted octanol–water partition coefficient (Wildman–Crippen LogP) is 2.07. The smallest absolute Gasteiger partial charge is 0.310 e. The molecule has 0 aromatic heterocycles. The molecule has 16 heavy (non-hydrogen) atoms. The second-order valence-corrected chi connectivity index (χ2v) is 4.75. The van der Waals surface area contributed by atoms with Crippen molar-refractivity contribution in [2.75, 3.05) is 12.3 Å². The zero-order chi connectivity index (χ0) is 12.0. The van der Waals surface area contributed by atoms with Crippen LogP contribution in [0.15, 0.2) is 24.3 Å². The second-order valence-electron chi connectivity index (χ2n) is 3.64. The zero-order valence-electron chi connectivity index (χ0n) is 9.35. The molecule has 0 aliphatic heterocycles. The summed E-state index contributed by atoms with van der Waals surface area (Å²) < 4.78 is 0. The molecule has 0 fully saturated rings. The third kappa shape index (κ3) is 3.87. The topological polar surface area (TPSA) is 63.3 Å². The molecular formula is C12H17NO2S. The number of aliphatic carboxylic acids is 1. The summed E-state index contributed by atoms with van der Waals surface area (Å²) in [5.74, 6) is 0.655. The van der Waals surface area contributed by atoms with Crippen molar-refractivity contribution in [3.8, 4) is 0 Å². The molecule has 0 saturated carbocycles. The van der Waals surface area contributed by atoms with Crippen molar-refractivity contribution < 1.29 is 9.90 Å². The van der Waals surface area contributed by atoms with Crippen LogP contribution >= 0.6 is 11.8 Å². The predicted molar refractivity (Wildman–Crippen MR) is 67.7 cm³/mol. The highest BCUT2D eigenvalue weighted by Crippen LogP contribution is 2.18. The van der Waals surface area contributed by atoms with Gasteiger partial charge in [-0.15, -0.1) is 0 Å². The van der Waals surface area contributed by atoms with E-state index in [2.05, 4.69) is 0 Å². The van der Waals surface area contributed by atoms with Gasteiger partial charge < -0.3 is 10.8 Å². The first kappa shape index (κ1) is 13.1. The van der Waals surface area contributed by atoms with E-state index >= 15 is 0 Å². The summed E-state index contributed by atoms with van der Waals surface area (Å²) in [6, 6.07) is 7.74. The summed E-state index contributed by atoms with van der Waals surface area (Å²) >= 11 is 1.79. The number of benzene rings is 1. The molecule has 0 aliphatic carbocycles. The van der Waals surface area contributed by atoms with Gasteiger partial charge in [0, 0.05) is 18.1 Å². The Morgan fingerprint density at radius 2 is 2.06 bits per heavy atom. The Hall–Kier alpha value is -1.00. The highest BCUT2D eigenvalue weighted by atomic mass is 32.2. The molecule has 88 valence electrons. The molecule has 0 saturated heterocycles. The van der Waals surface area contributed by atoms with Gasteiger partial charge in [0.15, 0.2) is 0 Å². The summed E-state index contributed by atoms with van der Waals surface area (Å²) in [5, 5.41) is 8.86. The Balaban J connectivity index is 2.57. The molecule has 0 heterocycles. The second kappa shape index (κ2) is 6.55. The zero-order valence-corrected chi connectivity index (χ0v) is 10.2. The van der Waals surface area contributed by atoms with Crippen molar-refractivity contribution in [1.82, 2.24) is 0 Å². The fourth-order valence-corrected chi connectivity index (χ4v) is 2.06. The van der Waals surface area contributed by atoms with Gasteiger partial charge in [-0.1, -0.05) is 24.3 Å². The van der Waals surface area contributed by atoms with Crippen LogP contribution in [-0.2, 0) is 10.5 Å². The van der Waals surface area contributed by atoms with Gasteiger partial charge in [-0.2, -0.15) is 11.8 Å². The molecule has 3 N–H and O–H groups in total. The van der Waals surface area contributed by atoms with E-state index in [0.29, 0.717) is 6.54 Å². The van der Waals surface area contributed by atoms with E-state index in [1.165, 1.54) is 5.56 Å². The van der Waals surface area contributed by atoms with Crippen molar-refractivity contribution in [2.45, 2.75) is 18.6 Å². The molecule has 0 bridgehead atoms. The van der Waals surface area contributed by atoms with Crippen LogP contribution in [-0.4, -0.2) is 23.4 Å². The molecule has 1 aromatic rings. The van der Waals surface area contributed by atoms with Gasteiger partial charge >= 0.3 is 5.97 Å². The largest absolute Gasteiger partial charge is 0.481 e. The molecule has 1 aromatic carbocycles. The lowest BCUT2D eigenvalue weighted by Gasteiger charge is -2.07. The van der Waals surface area contributed by atoms with E-state index in [9.17, 15) is 4.79 Å². The van der Waals surface area contributed by atoms with Crippen molar-refractivity contribution in [2.24, 2.45) is 5.73 Å². The van der Waals surface area contributed by atoms with Crippen LogP contribution in [0.3, 0.4) is 0 Å². The summed E-state index contributed by atoms with van der Waals surface area (Å²) in [4.78, 5) is 10.8. The molecule has 0 radical (unpaired) electrons. The lowest BCUT2D eigenvalue weighted by atomic mass is 10.0. The number of nitrogens with two attached hydrogens (primary N) is 1. The molecule has 0 spiro atoms. The average molecular weight is 239 g/mol. The van der Waals surface area contributed by atoms with Crippen molar-refractivity contribution in [3.05, 3.63) is 35.4 Å². The van der Waals surface area contributed by atoms with E-state index in [4.69, 9.17) is 10.8 Å². The number of carboxylic acid groups (broad SMARTS) is 1. The average Bonchev–Trinajstić information content (AvgIpc) is 2.29. The maximum atomic E-state index is 10.8. The normalized spacial score (nSPS) is 12.4. The first-order valence-corrected chi connectivity index (χ1v) is 6.40. The Labute approximate surface area is 100 Å². The SMILES string of the molecule is CC(C(=O)O)c1ccc(CSCCN)cc1. The molecule has 1 rings (SSSR count). The molecule has 1 unspecified atom stereocenters. The van der Waals surface area contributed by atoms with Crippen LogP contribution in [0.1, 0.15) is 24.0 Å². The first-order valence-electron chi connectivity index (χ1n) is 5.24. The molecule has 1 atom stereocenters. The number of hydrogen-bond donors (Lipinski definition) is 2. The van der Waals surface area contributed by atoms with Crippen molar-refractivity contribution in [1.29, 1.82) is 0 Å². The Morgan fingerprint density at radius 1 is 1.44 bits per heavy atom. The van der Waals surface area contributed by atoms with Gasteiger partial charge in [0.05, 0.1) is 5.92 Å². The number of carboxylic acids is 1. The highest BCUT2D eigenvalue weighted by molar-refractivity contribution is 7.98. The van der Waals surface area contributed by atoms with Crippen LogP contribution in [0.5, 0.6) is 0 Å². The molecule has 4 heteroatoms. The minimum Gasteiger partial charge on any atom is -0.481 e. The minimum atomic E-state index is -0.787. The Bertz CT molecular complexity index is 337. The van der Waals surface area contributed by atoms with Gasteiger partial charge in [0.1, 0.15) is 0 Å². The maximum Gasteiger partial charge on any atom is 0.310 e. The standard InChI is InChI=1S/C12H17NO2S/c1-9(12(14)15)11-4-2-10(3-5-11)8-16-7-6-13/h2-5,9H,6-8,13H2,1H3,(H,14,15). The fourth-order valence-electron chi connectivity index (χ4n) is 1.32. The molecular weight excluding hydrogens is 222 g/mol. The highest BCUT2D eigenvalue weighted by Gasteiger charge is 2.12. The Kier molecular flexibility index (Phi) is 5.35. The van der Waals surface area contributed by atoms with E-state index < -0.39 is 11.9 Å². The third-order valence-electron chi connectivity index (χ3n) is 2.38. The van der Waals surface area contributed by atoms with E-state index in [1.54, 1.807) is 18.7 Å². The van der Waals surface area contributed by atoms with E-state index in [0.717, 1.165) is 17.1 Å². The van der Waals surface area contributed by atoms with Gasteiger partial charge in [0.25, 0.3) is 0 Å². The van der Waals surface area contributed by atoms with Gasteiger partial charge in [-0.3, -0.25) is 4.79 Å². The number of rotatable bonds is 6. The lowest BCUT2D eigenvalue weighted by Crippen LogP contribution is -2.07. The Morgan fingerprint density at radius 3 is 2.56 bits per heavy atom. The van der Waals surface area contributed by atoms with E-state index in [-0.39, 0.29) is 0 Å². The first-order chi connectivity index (χ1) is 7.65. The van der Waals surface area contributed by atoms with Crippen LogP contribution in [0.25, 0.3) is 0 Å². The summed E-state index contributed by atoms with van der Waals surface area (Å²) in [7, 11) is 0. The molecule has 0 aliphatic rings. The summed E-state index contributed by atoms with van der Waals surface area (Å²) in [5.41, 5.74) is 7.46. The van der Waals surface area contributed by atoms with Gasteiger partial charge in [-0.25, -0.2) is 0 Å². The van der Waals surface area contributed by atoms with Gasteiger partial charge in [-0.05, 0) is 18.1 Å². The monoisotopic (exact) mass is 239 g/mol. The fraction of sp³-hybridized carbons (Fsp3) is 0.417. The lowest BCUT2D eigenvalue weighted by molar-refractivity contribution is -0.138. The molecule has 3 nitrogen and oxygen atoms in total.